The molecule has 1 unspecified atom stereocenters. The molecule has 1 atom stereocenters. The van der Waals surface area contributed by atoms with Gasteiger partial charge in [0.25, 0.3) is 5.91 Å². The molecule has 11 nitrogen and oxygen atoms in total. The number of nitrogens with one attached hydrogen (secondary N) is 1. The first-order valence-corrected chi connectivity index (χ1v) is 11.4. The van der Waals surface area contributed by atoms with Crippen LogP contribution in [0.3, 0.4) is 0 Å². The van der Waals surface area contributed by atoms with E-state index in [1.54, 1.807) is 36.2 Å². The molecule has 0 saturated heterocycles. The zero-order chi connectivity index (χ0) is 24.2. The number of amides is 1. The van der Waals surface area contributed by atoms with Gasteiger partial charge in [-0.15, -0.1) is 5.10 Å². The number of nitrogens with zero attached hydrogens (tertiary/aromatic N) is 6. The molecule has 11 heteroatoms. The maximum absolute atomic E-state index is 13.7. The molecule has 4 N–H and O–H groups in total. The maximum atomic E-state index is 13.7. The largest absolute Gasteiger partial charge is 0.461 e. The molecule has 0 bridgehead atoms. The van der Waals surface area contributed by atoms with Crippen molar-refractivity contribution in [2.24, 2.45) is 0 Å². The van der Waals surface area contributed by atoms with Crippen LogP contribution in [-0.4, -0.2) is 52.5 Å². The third kappa shape index (κ3) is 3.27. The third-order valence-electron chi connectivity index (χ3n) is 6.83. The summed E-state index contributed by atoms with van der Waals surface area (Å²) in [6, 6.07) is 12.8. The summed E-state index contributed by atoms with van der Waals surface area (Å²) < 4.78 is 8.40. The van der Waals surface area contributed by atoms with Gasteiger partial charge in [0.1, 0.15) is 0 Å². The number of benzene rings is 1. The van der Waals surface area contributed by atoms with Gasteiger partial charge in [-0.1, -0.05) is 30.3 Å². The van der Waals surface area contributed by atoms with Gasteiger partial charge in [-0.3, -0.25) is 4.79 Å². The summed E-state index contributed by atoms with van der Waals surface area (Å²) in [5.41, 5.74) is 5.67. The smallest absolute Gasteiger partial charge is 0.252 e. The minimum absolute atomic E-state index is 0.0964. The van der Waals surface area contributed by atoms with Crippen LogP contribution in [0.15, 0.2) is 59.3 Å². The van der Waals surface area contributed by atoms with E-state index in [4.69, 9.17) is 10.2 Å². The summed E-state index contributed by atoms with van der Waals surface area (Å²) in [6.45, 7) is 1.94. The summed E-state index contributed by atoms with van der Waals surface area (Å²) in [6.07, 6.45) is 5.43. The summed E-state index contributed by atoms with van der Waals surface area (Å²) in [5.74, 6) is 0.642. The number of carbonyl (C=O) groups is 1. The Morgan fingerprint density at radius 2 is 2.00 bits per heavy atom. The zero-order valence-electron chi connectivity index (χ0n) is 19.0. The van der Waals surface area contributed by atoms with Gasteiger partial charge in [0.2, 0.25) is 11.8 Å². The highest BCUT2D eigenvalue weighted by atomic mass is 16.3. The number of hydrogen-bond acceptors (Lipinski definition) is 8. The van der Waals surface area contributed by atoms with E-state index in [2.05, 4.69) is 25.5 Å². The van der Waals surface area contributed by atoms with Crippen LogP contribution in [0.4, 0.5) is 5.95 Å². The average Bonchev–Trinajstić information content (AvgIpc) is 3.60. The van der Waals surface area contributed by atoms with E-state index in [0.29, 0.717) is 46.7 Å². The molecule has 4 aromatic heterocycles. The molecule has 1 saturated carbocycles. The second kappa shape index (κ2) is 7.64. The molecule has 6 rings (SSSR count). The van der Waals surface area contributed by atoms with E-state index in [1.807, 2.05) is 30.3 Å². The monoisotopic (exact) mass is 472 g/mol. The Morgan fingerprint density at radius 1 is 1.20 bits per heavy atom. The van der Waals surface area contributed by atoms with E-state index in [-0.39, 0.29) is 18.4 Å². The first-order chi connectivity index (χ1) is 16.9. The molecule has 1 amide bonds. The number of aromatic nitrogens is 6. The molecule has 4 heterocycles. The van der Waals surface area contributed by atoms with Crippen molar-refractivity contribution in [1.82, 2.24) is 34.7 Å². The van der Waals surface area contributed by atoms with Crippen molar-refractivity contribution in [2.75, 3.05) is 12.3 Å². The number of nitrogen functional groups attached to an aromatic ring is 1. The highest BCUT2D eigenvalue weighted by Crippen LogP contribution is 2.33. The van der Waals surface area contributed by atoms with E-state index in [0.717, 1.165) is 6.42 Å². The first kappa shape index (κ1) is 21.3. The Bertz CT molecular complexity index is 1540. The van der Waals surface area contributed by atoms with E-state index in [9.17, 15) is 9.90 Å². The topological polar surface area (TPSA) is 149 Å². The van der Waals surface area contributed by atoms with Crippen LogP contribution < -0.4 is 11.1 Å². The van der Waals surface area contributed by atoms with Crippen molar-refractivity contribution in [1.29, 1.82) is 0 Å². The van der Waals surface area contributed by atoms with E-state index >= 15 is 0 Å². The highest BCUT2D eigenvalue weighted by Gasteiger charge is 2.42. The van der Waals surface area contributed by atoms with E-state index < -0.39 is 11.1 Å². The Kier molecular flexibility index (Phi) is 4.65. The van der Waals surface area contributed by atoms with Crippen LogP contribution in [0.25, 0.3) is 28.3 Å². The molecule has 178 valence electrons. The Hall–Kier alpha value is -4.25. The number of fused-ring (bicyclic) bond motifs is 3. The fourth-order valence-corrected chi connectivity index (χ4v) is 4.54. The predicted octanol–water partition coefficient (Wildman–Crippen LogP) is 2.11. The molecule has 1 aromatic carbocycles. The number of anilines is 1. The lowest BCUT2D eigenvalue weighted by molar-refractivity contribution is -0.130. The van der Waals surface area contributed by atoms with Crippen LogP contribution in [0.1, 0.15) is 31.7 Å². The van der Waals surface area contributed by atoms with Crippen molar-refractivity contribution in [3.05, 3.63) is 60.5 Å². The highest BCUT2D eigenvalue weighted by molar-refractivity contribution is 5.94. The minimum atomic E-state index is -1.27. The fraction of sp³-hybridized carbons (Fsp3) is 0.292. The third-order valence-corrected chi connectivity index (χ3v) is 6.83. The quantitative estimate of drug-likeness (QED) is 0.340. The van der Waals surface area contributed by atoms with Gasteiger partial charge in [-0.25, -0.2) is 9.67 Å². The summed E-state index contributed by atoms with van der Waals surface area (Å²) in [7, 11) is 0. The lowest BCUT2D eigenvalue weighted by Gasteiger charge is -2.38. The van der Waals surface area contributed by atoms with Crippen molar-refractivity contribution < 1.29 is 14.3 Å². The van der Waals surface area contributed by atoms with Gasteiger partial charge in [0.15, 0.2) is 22.6 Å². The molecule has 1 aliphatic rings. The average molecular weight is 473 g/mol. The Morgan fingerprint density at radius 3 is 2.69 bits per heavy atom. The summed E-state index contributed by atoms with van der Waals surface area (Å²) in [5, 5.41) is 23.1. The van der Waals surface area contributed by atoms with Crippen LogP contribution >= 0.6 is 0 Å². The molecule has 0 spiro atoms. The zero-order valence-corrected chi connectivity index (χ0v) is 19.0. The van der Waals surface area contributed by atoms with Crippen molar-refractivity contribution in [3.8, 4) is 11.6 Å². The van der Waals surface area contributed by atoms with Crippen LogP contribution in [-0.2, 0) is 10.3 Å². The Labute approximate surface area is 199 Å². The molecule has 1 aliphatic carbocycles. The summed E-state index contributed by atoms with van der Waals surface area (Å²) >= 11 is 0. The molecular weight excluding hydrogens is 448 g/mol. The molecule has 5 aromatic rings. The van der Waals surface area contributed by atoms with Crippen LogP contribution in [0, 0.1) is 0 Å². The second-order valence-corrected chi connectivity index (χ2v) is 9.11. The number of rotatable bonds is 6. The predicted molar refractivity (Wildman–Crippen MR) is 127 cm³/mol. The molecule has 0 aliphatic heterocycles. The lowest BCUT2D eigenvalue weighted by Crippen LogP contribution is -2.54. The van der Waals surface area contributed by atoms with Gasteiger partial charge in [0, 0.05) is 6.54 Å². The maximum Gasteiger partial charge on any atom is 0.252 e. The lowest BCUT2D eigenvalue weighted by atomic mass is 9.80. The van der Waals surface area contributed by atoms with Crippen molar-refractivity contribution in [2.45, 2.75) is 37.3 Å². The molecule has 0 radical (unpaired) electrons. The number of aliphatic hydroxyl groups is 1. The van der Waals surface area contributed by atoms with Crippen LogP contribution in [0.2, 0.25) is 0 Å². The van der Waals surface area contributed by atoms with Gasteiger partial charge in [-0.2, -0.15) is 14.6 Å². The fourth-order valence-electron chi connectivity index (χ4n) is 4.54. The number of nitrogens with two attached hydrogens (primary N) is 1. The van der Waals surface area contributed by atoms with Gasteiger partial charge >= 0.3 is 0 Å². The molecular formula is C24H24N8O3. The number of furan rings is 1. The summed E-state index contributed by atoms with van der Waals surface area (Å²) in [4.78, 5) is 22.9. The number of hydrogen-bond donors (Lipinski definition) is 3. The first-order valence-electron chi connectivity index (χ1n) is 11.4. The SMILES string of the molecule is CC(C(=O)NCC1(O)CCC1)(c1ccccc1)n1ncc2c1nc(N)n1nc(-c3ccco3)nc21. The Balaban J connectivity index is 1.50. The van der Waals surface area contributed by atoms with Gasteiger partial charge in [-0.05, 0) is 43.9 Å². The molecule has 35 heavy (non-hydrogen) atoms. The van der Waals surface area contributed by atoms with Gasteiger partial charge in [0.05, 0.1) is 23.4 Å². The van der Waals surface area contributed by atoms with E-state index in [1.165, 1.54) is 4.52 Å². The second-order valence-electron chi connectivity index (χ2n) is 9.11. The number of carbonyl (C=O) groups excluding carboxylic acids is 1. The molecule has 1 fully saturated rings. The van der Waals surface area contributed by atoms with Crippen molar-refractivity contribution in [3.63, 3.8) is 0 Å². The minimum Gasteiger partial charge on any atom is -0.461 e. The standard InChI is InChI=1S/C24H24N8O3/c1-23(15-7-3-2-4-8-15,21(33)26-14-24(34)10-6-11-24)32-20-16(13-27-32)19-28-18(17-9-5-12-35-17)30-31(19)22(25)29-20/h2-5,7-9,12-13,34H,6,10-11,14H2,1H3,(H2,25,29)(H,26,33). The normalized spacial score (nSPS) is 16.7. The van der Waals surface area contributed by atoms with Gasteiger partial charge < -0.3 is 20.6 Å². The van der Waals surface area contributed by atoms with Crippen molar-refractivity contribution >= 4 is 28.5 Å². The van der Waals surface area contributed by atoms with Crippen LogP contribution in [0.5, 0.6) is 0 Å².